The van der Waals surface area contributed by atoms with Crippen LogP contribution in [0.2, 0.25) is 0 Å². The first kappa shape index (κ1) is 17.9. The number of sulfone groups is 1. The van der Waals surface area contributed by atoms with Crippen molar-refractivity contribution in [3.63, 3.8) is 0 Å². The number of carbonyl (C=O) groups excluding carboxylic acids is 1. The van der Waals surface area contributed by atoms with Crippen molar-refractivity contribution in [1.29, 1.82) is 0 Å². The zero-order valence-corrected chi connectivity index (χ0v) is 13.4. The summed E-state index contributed by atoms with van der Waals surface area (Å²) < 4.78 is 30.0. The van der Waals surface area contributed by atoms with E-state index in [1.54, 1.807) is 26.0 Å². The molecule has 1 aromatic rings. The molecule has 0 aromatic heterocycles. The Morgan fingerprint density at radius 3 is 2.64 bits per heavy atom. The van der Waals surface area contributed by atoms with Gasteiger partial charge in [0.25, 0.3) is 5.91 Å². The van der Waals surface area contributed by atoms with E-state index >= 15 is 0 Å². The monoisotopic (exact) mass is 325 g/mol. The Kier molecular flexibility index (Phi) is 6.33. The van der Waals surface area contributed by atoms with Crippen LogP contribution in [-0.2, 0) is 14.6 Å². The summed E-state index contributed by atoms with van der Waals surface area (Å²) >= 11 is 0. The van der Waals surface area contributed by atoms with E-state index in [9.17, 15) is 13.2 Å². The first-order chi connectivity index (χ1) is 10.3. The highest BCUT2D eigenvalue weighted by Crippen LogP contribution is 2.22. The van der Waals surface area contributed by atoms with Gasteiger partial charge in [-0.05, 0) is 32.0 Å². The van der Waals surface area contributed by atoms with Crippen molar-refractivity contribution in [2.24, 2.45) is 0 Å². The summed E-state index contributed by atoms with van der Waals surface area (Å²) in [5.74, 6) is -0.218. The van der Waals surface area contributed by atoms with Gasteiger partial charge in [0.1, 0.15) is 5.75 Å². The molecule has 22 heavy (non-hydrogen) atoms. The summed E-state index contributed by atoms with van der Waals surface area (Å²) in [7, 11) is -2.08. The maximum absolute atomic E-state index is 12.5. The van der Waals surface area contributed by atoms with Gasteiger partial charge in [-0.25, -0.2) is 13.9 Å². The molecule has 0 aliphatic carbocycles. The second-order valence-electron chi connectivity index (χ2n) is 4.65. The SMILES string of the molecule is COc1cccc(S(=O)(=O)C(C)/C=C(C)/C=C/C(=O)NO)c1. The Labute approximate surface area is 130 Å². The van der Waals surface area contributed by atoms with E-state index in [-0.39, 0.29) is 4.90 Å². The summed E-state index contributed by atoms with van der Waals surface area (Å²) in [6, 6.07) is 6.25. The van der Waals surface area contributed by atoms with E-state index in [0.717, 1.165) is 6.08 Å². The highest BCUT2D eigenvalue weighted by atomic mass is 32.2. The summed E-state index contributed by atoms with van der Waals surface area (Å²) in [6.45, 7) is 3.22. The van der Waals surface area contributed by atoms with Crippen LogP contribution in [-0.4, -0.2) is 31.9 Å². The molecule has 0 saturated carbocycles. The first-order valence-electron chi connectivity index (χ1n) is 6.49. The minimum absolute atomic E-state index is 0.167. The third-order valence-corrected chi connectivity index (χ3v) is 4.99. The lowest BCUT2D eigenvalue weighted by atomic mass is 10.2. The van der Waals surface area contributed by atoms with Gasteiger partial charge in [-0.3, -0.25) is 10.0 Å². The molecule has 0 spiro atoms. The number of carbonyl (C=O) groups is 1. The van der Waals surface area contributed by atoms with Gasteiger partial charge in [0.2, 0.25) is 0 Å². The Morgan fingerprint density at radius 1 is 1.36 bits per heavy atom. The molecule has 0 aliphatic heterocycles. The molecule has 1 aromatic carbocycles. The molecule has 6 nitrogen and oxygen atoms in total. The summed E-state index contributed by atoms with van der Waals surface area (Å²) in [4.78, 5) is 11.1. The van der Waals surface area contributed by atoms with Crippen LogP contribution in [0, 0.1) is 0 Å². The fourth-order valence-corrected chi connectivity index (χ4v) is 3.12. The molecule has 0 heterocycles. The molecule has 0 saturated heterocycles. The average molecular weight is 325 g/mol. The number of hydrogen-bond acceptors (Lipinski definition) is 5. The maximum Gasteiger partial charge on any atom is 0.267 e. The summed E-state index contributed by atoms with van der Waals surface area (Å²) in [6.07, 6.45) is 4.05. The van der Waals surface area contributed by atoms with Crippen LogP contribution in [0.4, 0.5) is 0 Å². The molecule has 1 atom stereocenters. The van der Waals surface area contributed by atoms with Crippen molar-refractivity contribution < 1.29 is 23.2 Å². The largest absolute Gasteiger partial charge is 0.497 e. The van der Waals surface area contributed by atoms with Crippen LogP contribution in [0.15, 0.2) is 53.0 Å². The molecule has 2 N–H and O–H groups in total. The van der Waals surface area contributed by atoms with Crippen molar-refractivity contribution in [1.82, 2.24) is 5.48 Å². The smallest absolute Gasteiger partial charge is 0.267 e. The molecule has 1 rings (SSSR count). The van der Waals surface area contributed by atoms with Gasteiger partial charge in [0, 0.05) is 6.08 Å². The standard InChI is InChI=1S/C15H19NO5S/c1-11(7-8-15(17)16-18)9-12(2)22(19,20)14-6-4-5-13(10-14)21-3/h4-10,12,18H,1-3H3,(H,16,17)/b8-7+,11-9+. The van der Waals surface area contributed by atoms with Crippen LogP contribution in [0.25, 0.3) is 0 Å². The van der Waals surface area contributed by atoms with E-state index in [1.807, 2.05) is 0 Å². The zero-order valence-electron chi connectivity index (χ0n) is 12.6. The van der Waals surface area contributed by atoms with Crippen molar-refractivity contribution in [3.05, 3.63) is 48.1 Å². The lowest BCUT2D eigenvalue weighted by Gasteiger charge is -2.11. The Balaban J connectivity index is 3.01. The zero-order chi connectivity index (χ0) is 16.8. The molecule has 1 amide bonds. The number of benzene rings is 1. The lowest BCUT2D eigenvalue weighted by molar-refractivity contribution is -0.124. The van der Waals surface area contributed by atoms with Crippen LogP contribution >= 0.6 is 0 Å². The highest BCUT2D eigenvalue weighted by Gasteiger charge is 2.21. The predicted octanol–water partition coefficient (Wildman–Crippen LogP) is 1.87. The molecule has 120 valence electrons. The summed E-state index contributed by atoms with van der Waals surface area (Å²) in [5.41, 5.74) is 2.04. The number of ether oxygens (including phenoxy) is 1. The third kappa shape index (κ3) is 4.71. The minimum Gasteiger partial charge on any atom is -0.497 e. The second kappa shape index (κ2) is 7.77. The van der Waals surface area contributed by atoms with Gasteiger partial charge in [-0.2, -0.15) is 0 Å². The van der Waals surface area contributed by atoms with Crippen molar-refractivity contribution >= 4 is 15.7 Å². The highest BCUT2D eigenvalue weighted by molar-refractivity contribution is 7.92. The van der Waals surface area contributed by atoms with E-state index in [2.05, 4.69) is 0 Å². The van der Waals surface area contributed by atoms with Gasteiger partial charge >= 0.3 is 0 Å². The molecule has 0 radical (unpaired) electrons. The van der Waals surface area contributed by atoms with Crippen molar-refractivity contribution in [2.75, 3.05) is 7.11 Å². The minimum atomic E-state index is -3.55. The predicted molar refractivity (Wildman–Crippen MR) is 82.5 cm³/mol. The van der Waals surface area contributed by atoms with Crippen LogP contribution in [0.5, 0.6) is 5.75 Å². The third-order valence-electron chi connectivity index (χ3n) is 2.96. The molecule has 0 aliphatic rings. The molecule has 0 fully saturated rings. The average Bonchev–Trinajstić information content (AvgIpc) is 2.52. The summed E-state index contributed by atoms with van der Waals surface area (Å²) in [5, 5.41) is 7.60. The number of rotatable bonds is 6. The fraction of sp³-hybridized carbons (Fsp3) is 0.267. The van der Waals surface area contributed by atoms with E-state index in [0.29, 0.717) is 11.3 Å². The fourth-order valence-electron chi connectivity index (χ4n) is 1.75. The lowest BCUT2D eigenvalue weighted by Crippen LogP contribution is -2.16. The Bertz CT molecular complexity index is 692. The number of amides is 1. The number of hydroxylamine groups is 1. The molecular weight excluding hydrogens is 306 g/mol. The number of allylic oxidation sites excluding steroid dienone is 2. The van der Waals surface area contributed by atoms with E-state index in [4.69, 9.17) is 9.94 Å². The van der Waals surface area contributed by atoms with Gasteiger partial charge in [-0.1, -0.05) is 23.8 Å². The van der Waals surface area contributed by atoms with E-state index < -0.39 is 21.0 Å². The number of hydrogen-bond donors (Lipinski definition) is 2. The first-order valence-corrected chi connectivity index (χ1v) is 8.04. The van der Waals surface area contributed by atoms with Crippen molar-refractivity contribution in [3.8, 4) is 5.75 Å². The van der Waals surface area contributed by atoms with Gasteiger partial charge in [0.15, 0.2) is 9.84 Å². The van der Waals surface area contributed by atoms with Gasteiger partial charge < -0.3 is 4.74 Å². The van der Waals surface area contributed by atoms with Crippen LogP contribution < -0.4 is 10.2 Å². The van der Waals surface area contributed by atoms with Gasteiger partial charge in [-0.15, -0.1) is 0 Å². The van der Waals surface area contributed by atoms with Crippen molar-refractivity contribution in [2.45, 2.75) is 24.0 Å². The molecule has 7 heteroatoms. The molecule has 1 unspecified atom stereocenters. The normalized spacial score (nSPS) is 13.9. The van der Waals surface area contributed by atoms with Crippen LogP contribution in [0.3, 0.4) is 0 Å². The Morgan fingerprint density at radius 2 is 2.05 bits per heavy atom. The Hall–Kier alpha value is -2.12. The van der Waals surface area contributed by atoms with Gasteiger partial charge in [0.05, 0.1) is 17.3 Å². The second-order valence-corrected chi connectivity index (χ2v) is 6.95. The quantitative estimate of drug-likeness (QED) is 0.360. The number of methoxy groups -OCH3 is 1. The van der Waals surface area contributed by atoms with E-state index in [1.165, 1.54) is 36.9 Å². The topological polar surface area (TPSA) is 92.7 Å². The number of nitrogens with one attached hydrogen (secondary N) is 1. The maximum atomic E-state index is 12.5. The molecule has 0 bridgehead atoms. The molecular formula is C15H19NO5S. The van der Waals surface area contributed by atoms with Crippen LogP contribution in [0.1, 0.15) is 13.8 Å².